The standard InChI is InChI=1S/C20H30N2O3/c1-14-9-15(2)12-22(11-14)13-16(3)21-20(23)17-5-6-18-19(10-17)25-8-4-7-24-18/h5-6,10,14-16H,4,7-9,11-13H2,1-3H3,(H,21,23)/t14-,15-,16-/m1/s1. The Labute approximate surface area is 150 Å². The van der Waals surface area contributed by atoms with Crippen molar-refractivity contribution in [2.24, 2.45) is 11.8 Å². The number of likely N-dealkylation sites (tertiary alicyclic amines) is 1. The highest BCUT2D eigenvalue weighted by molar-refractivity contribution is 5.95. The Morgan fingerprint density at radius 2 is 1.88 bits per heavy atom. The highest BCUT2D eigenvalue weighted by Gasteiger charge is 2.23. The molecule has 5 nitrogen and oxygen atoms in total. The Bertz CT molecular complexity index is 595. The van der Waals surface area contributed by atoms with Gasteiger partial charge < -0.3 is 19.7 Å². The van der Waals surface area contributed by atoms with E-state index in [0.29, 0.717) is 24.5 Å². The monoisotopic (exact) mass is 346 g/mol. The number of benzene rings is 1. The van der Waals surface area contributed by atoms with Gasteiger partial charge in [-0.1, -0.05) is 13.8 Å². The second-order valence-electron chi connectivity index (χ2n) is 7.75. The number of carbonyl (C=O) groups excluding carboxylic acids is 1. The minimum atomic E-state index is -0.0544. The smallest absolute Gasteiger partial charge is 0.251 e. The van der Waals surface area contributed by atoms with Crippen LogP contribution >= 0.6 is 0 Å². The molecule has 5 heteroatoms. The summed E-state index contributed by atoms with van der Waals surface area (Å²) in [7, 11) is 0. The molecule has 2 aliphatic rings. The first-order valence-electron chi connectivity index (χ1n) is 9.44. The number of hydrogen-bond donors (Lipinski definition) is 1. The molecule has 1 saturated heterocycles. The van der Waals surface area contributed by atoms with Crippen LogP contribution < -0.4 is 14.8 Å². The van der Waals surface area contributed by atoms with Crippen LogP contribution in [-0.2, 0) is 0 Å². The van der Waals surface area contributed by atoms with Gasteiger partial charge in [0.2, 0.25) is 0 Å². The molecule has 2 heterocycles. The molecule has 1 N–H and O–H groups in total. The lowest BCUT2D eigenvalue weighted by molar-refractivity contribution is 0.0904. The number of nitrogens with one attached hydrogen (secondary N) is 1. The van der Waals surface area contributed by atoms with Crippen molar-refractivity contribution in [2.45, 2.75) is 39.7 Å². The van der Waals surface area contributed by atoms with Crippen molar-refractivity contribution >= 4 is 5.91 Å². The second kappa shape index (κ2) is 8.09. The van der Waals surface area contributed by atoms with Gasteiger partial charge in [-0.05, 0) is 43.4 Å². The Balaban J connectivity index is 1.57. The number of ether oxygens (including phenoxy) is 2. The zero-order valence-electron chi connectivity index (χ0n) is 15.6. The number of amides is 1. The molecule has 1 aromatic rings. The Morgan fingerprint density at radius 3 is 2.60 bits per heavy atom. The number of nitrogens with zero attached hydrogens (tertiary/aromatic N) is 1. The van der Waals surface area contributed by atoms with Gasteiger partial charge in [-0.3, -0.25) is 4.79 Å². The van der Waals surface area contributed by atoms with E-state index < -0.39 is 0 Å². The molecule has 0 aliphatic carbocycles. The summed E-state index contributed by atoms with van der Waals surface area (Å²) in [6.45, 7) is 11.1. The molecular weight excluding hydrogens is 316 g/mol. The number of hydrogen-bond acceptors (Lipinski definition) is 4. The van der Waals surface area contributed by atoms with E-state index in [1.807, 2.05) is 6.07 Å². The molecule has 0 spiro atoms. The van der Waals surface area contributed by atoms with Crippen LogP contribution in [0.15, 0.2) is 18.2 Å². The Morgan fingerprint density at radius 1 is 1.20 bits per heavy atom. The molecule has 1 aromatic carbocycles. The highest BCUT2D eigenvalue weighted by Crippen LogP contribution is 2.30. The first-order valence-corrected chi connectivity index (χ1v) is 9.44. The molecule has 25 heavy (non-hydrogen) atoms. The van der Waals surface area contributed by atoms with Crippen molar-refractivity contribution in [3.63, 3.8) is 0 Å². The van der Waals surface area contributed by atoms with E-state index in [-0.39, 0.29) is 11.9 Å². The molecular formula is C20H30N2O3. The molecule has 0 bridgehead atoms. The minimum Gasteiger partial charge on any atom is -0.490 e. The topological polar surface area (TPSA) is 50.8 Å². The average Bonchev–Trinajstić information content (AvgIpc) is 2.78. The largest absolute Gasteiger partial charge is 0.490 e. The van der Waals surface area contributed by atoms with Gasteiger partial charge in [-0.15, -0.1) is 0 Å². The molecule has 138 valence electrons. The van der Waals surface area contributed by atoms with E-state index in [1.54, 1.807) is 12.1 Å². The van der Waals surface area contributed by atoms with Gasteiger partial charge in [-0.25, -0.2) is 0 Å². The summed E-state index contributed by atoms with van der Waals surface area (Å²) >= 11 is 0. The molecule has 1 fully saturated rings. The molecule has 2 aliphatic heterocycles. The maximum atomic E-state index is 12.6. The van der Waals surface area contributed by atoms with Gasteiger partial charge in [0, 0.05) is 37.7 Å². The van der Waals surface area contributed by atoms with Crippen molar-refractivity contribution in [1.82, 2.24) is 10.2 Å². The molecule has 1 amide bonds. The lowest BCUT2D eigenvalue weighted by Gasteiger charge is -2.36. The quantitative estimate of drug-likeness (QED) is 0.911. The van der Waals surface area contributed by atoms with Gasteiger partial charge >= 0.3 is 0 Å². The van der Waals surface area contributed by atoms with Gasteiger partial charge in [0.1, 0.15) is 0 Å². The van der Waals surface area contributed by atoms with Crippen LogP contribution in [-0.4, -0.2) is 49.7 Å². The van der Waals surface area contributed by atoms with E-state index >= 15 is 0 Å². The van der Waals surface area contributed by atoms with Crippen LogP contribution in [0.5, 0.6) is 11.5 Å². The molecule has 3 rings (SSSR count). The minimum absolute atomic E-state index is 0.0544. The fourth-order valence-corrected chi connectivity index (χ4v) is 3.99. The summed E-state index contributed by atoms with van der Waals surface area (Å²) in [4.78, 5) is 15.0. The predicted octanol–water partition coefficient (Wildman–Crippen LogP) is 2.94. The maximum Gasteiger partial charge on any atom is 0.251 e. The third kappa shape index (κ3) is 4.88. The van der Waals surface area contributed by atoms with E-state index in [2.05, 4.69) is 31.0 Å². The second-order valence-corrected chi connectivity index (χ2v) is 7.75. The number of fused-ring (bicyclic) bond motifs is 1. The molecule has 0 radical (unpaired) electrons. The van der Waals surface area contributed by atoms with Crippen LogP contribution in [0, 0.1) is 11.8 Å². The first kappa shape index (κ1) is 18.1. The lowest BCUT2D eigenvalue weighted by atomic mass is 9.92. The van der Waals surface area contributed by atoms with Gasteiger partial charge in [0.15, 0.2) is 11.5 Å². The zero-order valence-corrected chi connectivity index (χ0v) is 15.6. The third-order valence-electron chi connectivity index (χ3n) is 4.86. The summed E-state index contributed by atoms with van der Waals surface area (Å²) in [5, 5.41) is 3.12. The van der Waals surface area contributed by atoms with Crippen molar-refractivity contribution in [2.75, 3.05) is 32.8 Å². The van der Waals surface area contributed by atoms with Crippen LogP contribution in [0.3, 0.4) is 0 Å². The van der Waals surface area contributed by atoms with Crippen LogP contribution in [0.25, 0.3) is 0 Å². The van der Waals surface area contributed by atoms with Crippen molar-refractivity contribution < 1.29 is 14.3 Å². The Hall–Kier alpha value is -1.75. The van der Waals surface area contributed by atoms with Crippen molar-refractivity contribution in [3.8, 4) is 11.5 Å². The summed E-state index contributed by atoms with van der Waals surface area (Å²) < 4.78 is 11.3. The van der Waals surface area contributed by atoms with Gasteiger partial charge in [0.25, 0.3) is 5.91 Å². The summed E-state index contributed by atoms with van der Waals surface area (Å²) in [6, 6.07) is 5.53. The van der Waals surface area contributed by atoms with Crippen molar-refractivity contribution in [1.29, 1.82) is 0 Å². The molecule has 0 unspecified atom stereocenters. The lowest BCUT2D eigenvalue weighted by Crippen LogP contribution is -2.47. The van der Waals surface area contributed by atoms with Crippen LogP contribution in [0.1, 0.15) is 44.0 Å². The summed E-state index contributed by atoms with van der Waals surface area (Å²) in [5.74, 6) is 2.79. The first-order chi connectivity index (χ1) is 12.0. The van der Waals surface area contributed by atoms with Gasteiger partial charge in [-0.2, -0.15) is 0 Å². The average molecular weight is 346 g/mol. The number of piperidine rings is 1. The van der Waals surface area contributed by atoms with E-state index in [4.69, 9.17) is 9.47 Å². The third-order valence-corrected chi connectivity index (χ3v) is 4.86. The van der Waals surface area contributed by atoms with E-state index in [0.717, 1.165) is 43.6 Å². The van der Waals surface area contributed by atoms with Crippen molar-refractivity contribution in [3.05, 3.63) is 23.8 Å². The van der Waals surface area contributed by atoms with E-state index in [1.165, 1.54) is 6.42 Å². The number of rotatable bonds is 4. The molecule has 0 saturated carbocycles. The Kier molecular flexibility index (Phi) is 5.84. The van der Waals surface area contributed by atoms with Crippen LogP contribution in [0.4, 0.5) is 0 Å². The number of carbonyl (C=O) groups is 1. The normalized spacial score (nSPS) is 25.1. The SMILES string of the molecule is C[C@@H]1C[C@@H](C)CN(C[C@@H](C)NC(=O)c2ccc3c(c2)OCCCO3)C1. The maximum absolute atomic E-state index is 12.6. The van der Waals surface area contributed by atoms with E-state index in [9.17, 15) is 4.79 Å². The summed E-state index contributed by atoms with van der Waals surface area (Å²) in [6.07, 6.45) is 2.16. The highest BCUT2D eigenvalue weighted by atomic mass is 16.5. The van der Waals surface area contributed by atoms with Crippen LogP contribution in [0.2, 0.25) is 0 Å². The van der Waals surface area contributed by atoms with Gasteiger partial charge in [0.05, 0.1) is 13.2 Å². The fraction of sp³-hybridized carbons (Fsp3) is 0.650. The summed E-state index contributed by atoms with van der Waals surface area (Å²) in [5.41, 5.74) is 0.622. The zero-order chi connectivity index (χ0) is 17.8. The molecule has 3 atom stereocenters. The molecule has 0 aromatic heterocycles. The predicted molar refractivity (Wildman–Crippen MR) is 98.4 cm³/mol. The fourth-order valence-electron chi connectivity index (χ4n) is 3.99.